The molecule has 0 spiro atoms. The first kappa shape index (κ1) is 25.5. The summed E-state index contributed by atoms with van der Waals surface area (Å²) in [5, 5.41) is 4.62. The number of hydrogen-bond acceptors (Lipinski definition) is 8. The monoisotopic (exact) mass is 490 g/mol. The second-order valence-electron chi connectivity index (χ2n) is 9.02. The molecule has 34 heavy (non-hydrogen) atoms. The maximum atomic E-state index is 12.5. The summed E-state index contributed by atoms with van der Waals surface area (Å²) in [5.41, 5.74) is 0.238. The Kier molecular flexibility index (Phi) is 8.14. The summed E-state index contributed by atoms with van der Waals surface area (Å²) in [6, 6.07) is 3.40. The van der Waals surface area contributed by atoms with Gasteiger partial charge >= 0.3 is 11.9 Å². The zero-order valence-corrected chi connectivity index (χ0v) is 20.7. The highest BCUT2D eigenvalue weighted by atomic mass is 32.1. The van der Waals surface area contributed by atoms with E-state index in [1.807, 2.05) is 20.8 Å². The van der Waals surface area contributed by atoms with Crippen molar-refractivity contribution in [1.29, 1.82) is 0 Å². The van der Waals surface area contributed by atoms with Gasteiger partial charge in [0.05, 0.1) is 18.8 Å². The zero-order chi connectivity index (χ0) is 24.9. The molecule has 1 aliphatic heterocycles. The third-order valence-corrected chi connectivity index (χ3v) is 6.31. The maximum absolute atomic E-state index is 12.5. The van der Waals surface area contributed by atoms with Crippen LogP contribution in [0.3, 0.4) is 0 Å². The second kappa shape index (κ2) is 10.9. The van der Waals surface area contributed by atoms with E-state index in [-0.39, 0.29) is 24.0 Å². The molecule has 1 aliphatic rings. The zero-order valence-electron chi connectivity index (χ0n) is 19.8. The molecule has 0 saturated carbocycles. The molecule has 9 nitrogen and oxygen atoms in total. The standard InChI is InChI=1S/C24H30N2O7S/c1-5-31-22(29)19-16(17-7-6-12-32-17)14-34-20(19)25-18(27)13-33-21(28)15-8-10-26(11-9-15)23(30)24(2,3)4/h6-7,12,14-15H,5,8-11,13H2,1-4H3,(H,25,27). The van der Waals surface area contributed by atoms with Gasteiger partial charge in [-0.05, 0) is 31.9 Å². The van der Waals surface area contributed by atoms with Gasteiger partial charge in [0, 0.05) is 29.4 Å². The van der Waals surface area contributed by atoms with E-state index in [0.29, 0.717) is 42.3 Å². The number of amides is 2. The first-order chi connectivity index (χ1) is 16.1. The van der Waals surface area contributed by atoms with E-state index in [0.717, 1.165) is 11.3 Å². The predicted molar refractivity (Wildman–Crippen MR) is 126 cm³/mol. The van der Waals surface area contributed by atoms with E-state index >= 15 is 0 Å². The predicted octanol–water partition coefficient (Wildman–Crippen LogP) is 3.95. The van der Waals surface area contributed by atoms with Gasteiger partial charge in [-0.25, -0.2) is 4.79 Å². The van der Waals surface area contributed by atoms with Crippen molar-refractivity contribution in [1.82, 2.24) is 4.90 Å². The first-order valence-corrected chi connectivity index (χ1v) is 12.1. The number of piperidine rings is 1. The largest absolute Gasteiger partial charge is 0.464 e. The molecule has 3 heterocycles. The lowest BCUT2D eigenvalue weighted by Gasteiger charge is -2.34. The minimum atomic E-state index is -0.584. The number of carbonyl (C=O) groups excluding carboxylic acids is 4. The maximum Gasteiger partial charge on any atom is 0.341 e. The smallest absolute Gasteiger partial charge is 0.341 e. The third kappa shape index (κ3) is 6.05. The van der Waals surface area contributed by atoms with Crippen LogP contribution in [0.15, 0.2) is 28.2 Å². The molecule has 1 saturated heterocycles. The topological polar surface area (TPSA) is 115 Å². The second-order valence-corrected chi connectivity index (χ2v) is 9.90. The number of likely N-dealkylation sites (tertiary alicyclic amines) is 1. The summed E-state index contributed by atoms with van der Waals surface area (Å²) in [6.07, 6.45) is 2.47. The van der Waals surface area contributed by atoms with E-state index in [4.69, 9.17) is 13.9 Å². The van der Waals surface area contributed by atoms with Crippen molar-refractivity contribution in [2.45, 2.75) is 40.5 Å². The van der Waals surface area contributed by atoms with Crippen LogP contribution in [0.5, 0.6) is 0 Å². The summed E-state index contributed by atoms with van der Waals surface area (Å²) in [4.78, 5) is 51.6. The Morgan fingerprint density at radius 1 is 1.18 bits per heavy atom. The summed E-state index contributed by atoms with van der Waals surface area (Å²) < 4.78 is 15.7. The quantitative estimate of drug-likeness (QED) is 0.584. The molecule has 1 N–H and O–H groups in total. The van der Waals surface area contributed by atoms with Gasteiger partial charge in [-0.3, -0.25) is 14.4 Å². The molecule has 3 rings (SSSR count). The van der Waals surface area contributed by atoms with Crippen LogP contribution in [-0.4, -0.2) is 55.0 Å². The van der Waals surface area contributed by atoms with Crippen LogP contribution in [-0.2, 0) is 23.9 Å². The highest BCUT2D eigenvalue weighted by molar-refractivity contribution is 7.15. The van der Waals surface area contributed by atoms with Gasteiger partial charge in [0.2, 0.25) is 5.91 Å². The van der Waals surface area contributed by atoms with Crippen molar-refractivity contribution in [3.05, 3.63) is 29.3 Å². The van der Waals surface area contributed by atoms with Crippen LogP contribution in [0.25, 0.3) is 11.3 Å². The summed E-state index contributed by atoms with van der Waals surface area (Å²) >= 11 is 1.15. The number of nitrogens with one attached hydrogen (secondary N) is 1. The van der Waals surface area contributed by atoms with Gasteiger partial charge in [-0.15, -0.1) is 11.3 Å². The average Bonchev–Trinajstić information content (AvgIpc) is 3.46. The van der Waals surface area contributed by atoms with E-state index in [1.165, 1.54) is 6.26 Å². The number of thiophene rings is 1. The Morgan fingerprint density at radius 3 is 2.47 bits per heavy atom. The number of esters is 2. The van der Waals surface area contributed by atoms with Gasteiger partial charge in [0.25, 0.3) is 5.91 Å². The fourth-order valence-electron chi connectivity index (χ4n) is 3.68. The molecular weight excluding hydrogens is 460 g/mol. The number of anilines is 1. The van der Waals surface area contributed by atoms with Gasteiger partial charge in [0.15, 0.2) is 6.61 Å². The molecule has 0 unspecified atom stereocenters. The highest BCUT2D eigenvalue weighted by Gasteiger charge is 2.33. The number of ether oxygens (including phenoxy) is 2. The SMILES string of the molecule is CCOC(=O)c1c(-c2ccco2)csc1NC(=O)COC(=O)C1CCN(C(=O)C(C)(C)C)CC1. The minimum Gasteiger partial charge on any atom is -0.464 e. The lowest BCUT2D eigenvalue weighted by atomic mass is 9.91. The first-order valence-electron chi connectivity index (χ1n) is 11.2. The third-order valence-electron chi connectivity index (χ3n) is 5.41. The van der Waals surface area contributed by atoms with Crippen molar-refractivity contribution in [3.63, 3.8) is 0 Å². The van der Waals surface area contributed by atoms with E-state index in [9.17, 15) is 19.2 Å². The molecule has 2 amide bonds. The lowest BCUT2D eigenvalue weighted by Crippen LogP contribution is -2.45. The molecule has 0 aliphatic carbocycles. The van der Waals surface area contributed by atoms with E-state index < -0.39 is 29.9 Å². The molecule has 1 fully saturated rings. The minimum absolute atomic E-state index is 0.0564. The summed E-state index contributed by atoms with van der Waals surface area (Å²) in [7, 11) is 0. The van der Waals surface area contributed by atoms with Gasteiger partial charge < -0.3 is 24.1 Å². The molecule has 10 heteroatoms. The van der Waals surface area contributed by atoms with E-state index in [2.05, 4.69) is 5.32 Å². The van der Waals surface area contributed by atoms with Crippen LogP contribution < -0.4 is 5.32 Å². The normalized spacial score (nSPS) is 14.5. The number of nitrogens with zero attached hydrogens (tertiary/aromatic N) is 1. The van der Waals surface area contributed by atoms with Gasteiger partial charge in [0.1, 0.15) is 16.3 Å². The molecule has 0 atom stereocenters. The highest BCUT2D eigenvalue weighted by Crippen LogP contribution is 2.36. The van der Waals surface area contributed by atoms with Crippen LogP contribution in [0.2, 0.25) is 0 Å². The Hall–Kier alpha value is -3.14. The Balaban J connectivity index is 1.56. The number of hydrogen-bond donors (Lipinski definition) is 1. The average molecular weight is 491 g/mol. The van der Waals surface area contributed by atoms with Crippen LogP contribution in [0, 0.1) is 11.3 Å². The van der Waals surface area contributed by atoms with Gasteiger partial charge in [-0.1, -0.05) is 20.8 Å². The van der Waals surface area contributed by atoms with Crippen molar-refractivity contribution in [2.75, 3.05) is 31.6 Å². The van der Waals surface area contributed by atoms with Crippen molar-refractivity contribution < 1.29 is 33.1 Å². The molecule has 184 valence electrons. The van der Waals surface area contributed by atoms with Crippen LogP contribution in [0.4, 0.5) is 5.00 Å². The summed E-state index contributed by atoms with van der Waals surface area (Å²) in [6.45, 7) is 7.96. The molecule has 0 bridgehead atoms. The Bertz CT molecular complexity index is 1030. The van der Waals surface area contributed by atoms with Gasteiger partial charge in [-0.2, -0.15) is 0 Å². The lowest BCUT2D eigenvalue weighted by molar-refractivity contribution is -0.155. The Morgan fingerprint density at radius 2 is 1.88 bits per heavy atom. The number of carbonyl (C=O) groups is 4. The Labute approximate surface area is 202 Å². The number of furan rings is 1. The molecule has 0 radical (unpaired) electrons. The molecule has 2 aromatic rings. The molecular formula is C24H30N2O7S. The van der Waals surface area contributed by atoms with Crippen molar-refractivity contribution in [3.8, 4) is 11.3 Å². The van der Waals surface area contributed by atoms with Crippen molar-refractivity contribution >= 4 is 40.1 Å². The fraction of sp³-hybridized carbons (Fsp3) is 0.500. The van der Waals surface area contributed by atoms with Crippen molar-refractivity contribution in [2.24, 2.45) is 11.3 Å². The molecule has 0 aromatic carbocycles. The summed E-state index contributed by atoms with van der Waals surface area (Å²) in [5.74, 6) is -1.44. The van der Waals surface area contributed by atoms with Crippen LogP contribution >= 0.6 is 11.3 Å². The van der Waals surface area contributed by atoms with E-state index in [1.54, 1.807) is 29.3 Å². The number of rotatable bonds is 7. The fourth-order valence-corrected chi connectivity index (χ4v) is 4.63. The molecule has 2 aromatic heterocycles. The van der Waals surface area contributed by atoms with Crippen LogP contribution in [0.1, 0.15) is 50.9 Å².